The van der Waals surface area contributed by atoms with Crippen molar-refractivity contribution in [2.75, 3.05) is 0 Å². The number of rotatable bonds is 4. The molecule has 34 heavy (non-hydrogen) atoms. The topological polar surface area (TPSA) is 46.9 Å². The summed E-state index contributed by atoms with van der Waals surface area (Å²) >= 11 is 0. The van der Waals surface area contributed by atoms with Crippen LogP contribution in [0.3, 0.4) is 0 Å². The maximum Gasteiger partial charge on any atom is 0.224 e. The minimum Gasteiger partial charge on any atom is -0.349 e. The van der Waals surface area contributed by atoms with E-state index < -0.39 is 0 Å². The molecule has 4 nitrogen and oxygen atoms in total. The van der Waals surface area contributed by atoms with Crippen LogP contribution in [0, 0.1) is 34.5 Å². The molecule has 1 aromatic heterocycles. The van der Waals surface area contributed by atoms with Crippen molar-refractivity contribution in [1.82, 2.24) is 14.9 Å². The normalized spacial score (nSPS) is 38.9. The monoisotopic (exact) mass is 457 g/mol. The summed E-state index contributed by atoms with van der Waals surface area (Å²) in [6.07, 6.45) is 17.0. The molecule has 0 bridgehead atoms. The maximum atomic E-state index is 13.7. The lowest BCUT2D eigenvalue weighted by molar-refractivity contribution is -0.133. The number of allylic oxidation sites excluding steroid dienone is 1. The lowest BCUT2D eigenvalue weighted by atomic mass is 9.48. The van der Waals surface area contributed by atoms with E-state index in [1.54, 1.807) is 0 Å². The van der Waals surface area contributed by atoms with Gasteiger partial charge in [0.1, 0.15) is 5.82 Å². The molecule has 3 saturated carbocycles. The minimum atomic E-state index is 0.110. The van der Waals surface area contributed by atoms with Crippen LogP contribution in [0.5, 0.6) is 0 Å². The zero-order valence-electron chi connectivity index (χ0n) is 20.9. The van der Waals surface area contributed by atoms with E-state index >= 15 is 0 Å². The number of aromatic nitrogens is 2. The van der Waals surface area contributed by atoms with Gasteiger partial charge in [0.25, 0.3) is 0 Å². The Balaban J connectivity index is 1.22. The summed E-state index contributed by atoms with van der Waals surface area (Å²) in [6.45, 7) is 7.12. The Labute approximate surface area is 204 Å². The van der Waals surface area contributed by atoms with Crippen LogP contribution in [-0.4, -0.2) is 15.5 Å². The van der Waals surface area contributed by atoms with E-state index in [0.29, 0.717) is 23.8 Å². The van der Waals surface area contributed by atoms with Gasteiger partial charge in [0.05, 0.1) is 6.04 Å². The minimum absolute atomic E-state index is 0.110. The molecule has 6 rings (SSSR count). The second kappa shape index (κ2) is 8.10. The highest BCUT2D eigenvalue weighted by Gasteiger charge is 2.61. The summed E-state index contributed by atoms with van der Waals surface area (Å²) in [5, 5.41) is 3.46. The van der Waals surface area contributed by atoms with Gasteiger partial charge in [-0.15, -0.1) is 0 Å². The maximum absolute atomic E-state index is 13.7. The van der Waals surface area contributed by atoms with Gasteiger partial charge in [0, 0.05) is 29.8 Å². The van der Waals surface area contributed by atoms with Gasteiger partial charge in [-0.2, -0.15) is 0 Å². The number of amides is 1. The van der Waals surface area contributed by atoms with E-state index in [0.717, 1.165) is 24.6 Å². The second-order valence-corrected chi connectivity index (χ2v) is 11.9. The molecule has 1 unspecified atom stereocenters. The Morgan fingerprint density at radius 1 is 1.12 bits per heavy atom. The predicted molar refractivity (Wildman–Crippen MR) is 136 cm³/mol. The van der Waals surface area contributed by atoms with E-state index in [2.05, 4.69) is 78.3 Å². The lowest BCUT2D eigenvalue weighted by Gasteiger charge is -2.59. The molecule has 4 aliphatic rings. The van der Waals surface area contributed by atoms with Crippen molar-refractivity contribution in [2.24, 2.45) is 34.5 Å². The molecule has 1 aromatic carbocycles. The first-order valence-electron chi connectivity index (χ1n) is 13.5. The van der Waals surface area contributed by atoms with Gasteiger partial charge < -0.3 is 9.88 Å². The van der Waals surface area contributed by atoms with Gasteiger partial charge in [0.15, 0.2) is 0 Å². The molecule has 0 radical (unpaired) electrons. The van der Waals surface area contributed by atoms with Gasteiger partial charge in [-0.25, -0.2) is 4.98 Å². The highest BCUT2D eigenvalue weighted by atomic mass is 16.2. The van der Waals surface area contributed by atoms with Crippen molar-refractivity contribution >= 4 is 12.0 Å². The number of fused-ring (bicyclic) bond motifs is 7. The van der Waals surface area contributed by atoms with Gasteiger partial charge in [-0.05, 0) is 79.8 Å². The Morgan fingerprint density at radius 3 is 2.74 bits per heavy atom. The fourth-order valence-electron chi connectivity index (χ4n) is 8.83. The standard InChI is InChI=1S/C30H39N3O/c1-4-25(20-8-6-5-7-9-20)32-28(34)24-12-11-22-21-10-13-26-30(3,23(21)14-16-29(22,24)2)17-15-27-31-18-19-33(26)27/h5-9,15,17-19,21-26H,4,10-14,16H2,1-3H3,(H,32,34)/t21-,22-,23-,24+,25-,26?,29-,30+/m0/s1. The summed E-state index contributed by atoms with van der Waals surface area (Å²) in [5.74, 6) is 3.63. The second-order valence-electron chi connectivity index (χ2n) is 11.9. The molecule has 8 atom stereocenters. The summed E-state index contributed by atoms with van der Waals surface area (Å²) in [7, 11) is 0. The molecule has 0 spiro atoms. The molecular weight excluding hydrogens is 418 g/mol. The van der Waals surface area contributed by atoms with Crippen LogP contribution >= 0.6 is 0 Å². The first-order chi connectivity index (χ1) is 16.5. The predicted octanol–water partition coefficient (Wildman–Crippen LogP) is 6.58. The van der Waals surface area contributed by atoms with E-state index in [1.807, 2.05) is 12.3 Å². The van der Waals surface area contributed by atoms with Crippen molar-refractivity contribution in [3.63, 3.8) is 0 Å². The molecule has 4 heteroatoms. The number of nitrogens with zero attached hydrogens (tertiary/aromatic N) is 2. The Hall–Kier alpha value is -2.36. The largest absolute Gasteiger partial charge is 0.349 e. The number of imidazole rings is 1. The summed E-state index contributed by atoms with van der Waals surface area (Å²) in [4.78, 5) is 18.2. The third-order valence-corrected chi connectivity index (χ3v) is 10.6. The van der Waals surface area contributed by atoms with Crippen LogP contribution in [-0.2, 0) is 4.79 Å². The third kappa shape index (κ3) is 3.17. The third-order valence-electron chi connectivity index (χ3n) is 10.6. The first-order valence-corrected chi connectivity index (χ1v) is 13.5. The molecular formula is C30H39N3O. The summed E-state index contributed by atoms with van der Waals surface area (Å²) < 4.78 is 2.43. The number of hydrogen-bond acceptors (Lipinski definition) is 2. The van der Waals surface area contributed by atoms with Crippen molar-refractivity contribution < 1.29 is 4.79 Å². The molecule has 1 amide bonds. The molecule has 0 saturated heterocycles. The van der Waals surface area contributed by atoms with E-state index in [4.69, 9.17) is 0 Å². The smallest absolute Gasteiger partial charge is 0.224 e. The fraction of sp³-hybridized carbons (Fsp3) is 0.600. The number of carbonyl (C=O) groups excluding carboxylic acids is 1. The quantitative estimate of drug-likeness (QED) is 0.564. The van der Waals surface area contributed by atoms with E-state index in [9.17, 15) is 4.79 Å². The molecule has 2 heterocycles. The molecule has 3 fully saturated rings. The van der Waals surface area contributed by atoms with E-state index in [1.165, 1.54) is 37.7 Å². The highest BCUT2D eigenvalue weighted by molar-refractivity contribution is 5.80. The van der Waals surface area contributed by atoms with Gasteiger partial charge in [-0.1, -0.05) is 57.2 Å². The van der Waals surface area contributed by atoms with Crippen LogP contribution < -0.4 is 5.32 Å². The molecule has 1 aliphatic heterocycles. The highest BCUT2D eigenvalue weighted by Crippen LogP contribution is 2.67. The fourth-order valence-corrected chi connectivity index (χ4v) is 8.83. The lowest BCUT2D eigenvalue weighted by Crippen LogP contribution is -2.53. The molecule has 3 aliphatic carbocycles. The van der Waals surface area contributed by atoms with Crippen LogP contribution in [0.4, 0.5) is 0 Å². The van der Waals surface area contributed by atoms with Crippen molar-refractivity contribution in [3.8, 4) is 0 Å². The number of nitrogens with one attached hydrogen (secondary N) is 1. The number of carbonyl (C=O) groups is 1. The zero-order valence-corrected chi connectivity index (χ0v) is 20.9. The first kappa shape index (κ1) is 22.1. The van der Waals surface area contributed by atoms with Crippen LogP contribution in [0.15, 0.2) is 48.8 Å². The van der Waals surface area contributed by atoms with Crippen molar-refractivity contribution in [3.05, 3.63) is 60.2 Å². The summed E-state index contributed by atoms with van der Waals surface area (Å²) in [6, 6.07) is 11.1. The Kier molecular flexibility index (Phi) is 5.27. The average Bonchev–Trinajstić information content (AvgIpc) is 3.46. The SMILES string of the molecule is CC[C@H](NC(=O)[C@H]1CC[C@H]2[C@@H]3CCC4n5ccnc5C=C[C@]4(C)[C@H]3CC[C@]12C)c1ccccc1. The molecule has 2 aromatic rings. The Morgan fingerprint density at radius 2 is 1.94 bits per heavy atom. The Bertz CT molecular complexity index is 1090. The van der Waals surface area contributed by atoms with Crippen LogP contribution in [0.25, 0.3) is 6.08 Å². The number of hydrogen-bond donors (Lipinski definition) is 1. The van der Waals surface area contributed by atoms with Gasteiger partial charge >= 0.3 is 0 Å². The zero-order chi connectivity index (χ0) is 23.5. The molecule has 180 valence electrons. The van der Waals surface area contributed by atoms with Crippen LogP contribution in [0.2, 0.25) is 0 Å². The van der Waals surface area contributed by atoms with Crippen molar-refractivity contribution in [1.29, 1.82) is 0 Å². The number of benzene rings is 1. The summed E-state index contributed by atoms with van der Waals surface area (Å²) in [5.41, 5.74) is 1.54. The van der Waals surface area contributed by atoms with Gasteiger partial charge in [-0.3, -0.25) is 4.79 Å². The van der Waals surface area contributed by atoms with Crippen LogP contribution in [0.1, 0.15) is 89.2 Å². The van der Waals surface area contributed by atoms with Gasteiger partial charge in [0.2, 0.25) is 5.91 Å². The van der Waals surface area contributed by atoms with Crippen molar-refractivity contribution in [2.45, 2.75) is 77.8 Å². The van der Waals surface area contributed by atoms with E-state index in [-0.39, 0.29) is 22.8 Å². The molecule has 1 N–H and O–H groups in total. The average molecular weight is 458 g/mol.